The number of aryl methyl sites for hydroxylation is 1. The summed E-state index contributed by atoms with van der Waals surface area (Å²) >= 11 is 3.35. The number of aromatic nitrogens is 1. The van der Waals surface area contributed by atoms with Crippen LogP contribution >= 0.6 is 15.9 Å². The first-order valence-electron chi connectivity index (χ1n) is 5.04. The maximum atomic E-state index is 11.0. The van der Waals surface area contributed by atoms with Gasteiger partial charge in [0, 0.05) is 4.47 Å². The number of halogens is 1. The number of carboxylic acids is 1. The van der Waals surface area contributed by atoms with Crippen molar-refractivity contribution >= 4 is 27.7 Å². The van der Waals surface area contributed by atoms with E-state index in [9.17, 15) is 4.79 Å². The number of carbonyl (C=O) groups is 1. The number of nitrogens with one attached hydrogen (secondary N) is 1. The van der Waals surface area contributed by atoms with Crippen molar-refractivity contribution in [2.75, 3.05) is 5.32 Å². The third kappa shape index (κ3) is 3.20. The molecule has 0 aliphatic heterocycles. The molecule has 1 atom stereocenters. The third-order valence-corrected chi connectivity index (χ3v) is 3.10. The van der Waals surface area contributed by atoms with Crippen molar-refractivity contribution < 1.29 is 9.90 Å². The van der Waals surface area contributed by atoms with Crippen LogP contribution in [0.2, 0.25) is 0 Å². The summed E-state index contributed by atoms with van der Waals surface area (Å²) in [5.41, 5.74) is 0.831. The highest BCUT2D eigenvalue weighted by molar-refractivity contribution is 9.10. The van der Waals surface area contributed by atoms with E-state index in [-0.39, 0.29) is 5.92 Å². The summed E-state index contributed by atoms with van der Waals surface area (Å²) in [6, 6.07) is 2.99. The van der Waals surface area contributed by atoms with Crippen molar-refractivity contribution in [2.45, 2.75) is 26.8 Å². The Labute approximate surface area is 103 Å². The fraction of sp³-hybridized carbons (Fsp3) is 0.455. The van der Waals surface area contributed by atoms with Gasteiger partial charge in [-0.1, -0.05) is 13.8 Å². The van der Waals surface area contributed by atoms with Crippen LogP contribution in [0.4, 0.5) is 5.82 Å². The highest BCUT2D eigenvalue weighted by Gasteiger charge is 2.21. The van der Waals surface area contributed by atoms with E-state index in [0.717, 1.165) is 10.2 Å². The standard InChI is InChI=1S/C11H15BrN2O2/c1-6(2)10(11(15)16)14-9-5-4-8(12)7(3)13-9/h4-6,10H,1-3H3,(H,13,14)(H,15,16)/t10-/m1/s1. The minimum Gasteiger partial charge on any atom is -0.480 e. The SMILES string of the molecule is Cc1nc(N[C@@H](C(=O)O)C(C)C)ccc1Br. The van der Waals surface area contributed by atoms with E-state index in [1.54, 1.807) is 6.07 Å². The van der Waals surface area contributed by atoms with E-state index in [2.05, 4.69) is 26.2 Å². The minimum atomic E-state index is -0.864. The molecule has 2 N–H and O–H groups in total. The summed E-state index contributed by atoms with van der Waals surface area (Å²) in [5.74, 6) is -0.276. The Morgan fingerprint density at radius 1 is 1.50 bits per heavy atom. The van der Waals surface area contributed by atoms with Gasteiger partial charge in [-0.2, -0.15) is 0 Å². The number of anilines is 1. The average molecular weight is 287 g/mol. The highest BCUT2D eigenvalue weighted by Crippen LogP contribution is 2.18. The highest BCUT2D eigenvalue weighted by atomic mass is 79.9. The molecule has 88 valence electrons. The van der Waals surface area contributed by atoms with E-state index >= 15 is 0 Å². The topological polar surface area (TPSA) is 62.2 Å². The molecule has 4 nitrogen and oxygen atoms in total. The zero-order valence-corrected chi connectivity index (χ0v) is 11.1. The first-order valence-corrected chi connectivity index (χ1v) is 5.83. The Morgan fingerprint density at radius 3 is 2.56 bits per heavy atom. The fourth-order valence-corrected chi connectivity index (χ4v) is 1.52. The van der Waals surface area contributed by atoms with Gasteiger partial charge in [0.05, 0.1) is 5.69 Å². The van der Waals surface area contributed by atoms with E-state index in [0.29, 0.717) is 5.82 Å². The van der Waals surface area contributed by atoms with Crippen molar-refractivity contribution in [1.82, 2.24) is 4.98 Å². The van der Waals surface area contributed by atoms with Crippen molar-refractivity contribution in [2.24, 2.45) is 5.92 Å². The number of rotatable bonds is 4. The molecule has 0 fully saturated rings. The molecule has 1 aromatic rings. The Morgan fingerprint density at radius 2 is 2.12 bits per heavy atom. The van der Waals surface area contributed by atoms with Crippen LogP contribution in [0.3, 0.4) is 0 Å². The minimum absolute atomic E-state index is 0.00301. The smallest absolute Gasteiger partial charge is 0.326 e. The second kappa shape index (κ2) is 5.30. The van der Waals surface area contributed by atoms with Crippen molar-refractivity contribution in [3.63, 3.8) is 0 Å². The molecule has 0 aromatic carbocycles. The zero-order chi connectivity index (χ0) is 12.3. The third-order valence-electron chi connectivity index (χ3n) is 2.26. The number of aliphatic carboxylic acids is 1. The second-order valence-electron chi connectivity index (χ2n) is 3.97. The number of nitrogens with zero attached hydrogens (tertiary/aromatic N) is 1. The van der Waals surface area contributed by atoms with E-state index < -0.39 is 12.0 Å². The van der Waals surface area contributed by atoms with Gasteiger partial charge in [-0.15, -0.1) is 0 Å². The number of hydrogen-bond acceptors (Lipinski definition) is 3. The summed E-state index contributed by atoms with van der Waals surface area (Å²) in [7, 11) is 0. The number of pyridine rings is 1. The van der Waals surface area contributed by atoms with Gasteiger partial charge < -0.3 is 10.4 Å². The first kappa shape index (κ1) is 13.0. The summed E-state index contributed by atoms with van der Waals surface area (Å²) in [6.45, 7) is 5.58. The molecule has 0 unspecified atom stereocenters. The van der Waals surface area contributed by atoms with E-state index in [1.807, 2.05) is 26.8 Å². The molecule has 16 heavy (non-hydrogen) atoms. The van der Waals surface area contributed by atoms with Gasteiger partial charge >= 0.3 is 5.97 Å². The first-order chi connectivity index (χ1) is 7.41. The quantitative estimate of drug-likeness (QED) is 0.893. The van der Waals surface area contributed by atoms with Gasteiger partial charge in [0.2, 0.25) is 0 Å². The van der Waals surface area contributed by atoms with Crippen molar-refractivity contribution in [1.29, 1.82) is 0 Å². The van der Waals surface area contributed by atoms with Gasteiger partial charge in [0.25, 0.3) is 0 Å². The molecule has 5 heteroatoms. The summed E-state index contributed by atoms with van der Waals surface area (Å²) < 4.78 is 0.912. The van der Waals surface area contributed by atoms with Crippen molar-refractivity contribution in [3.05, 3.63) is 22.3 Å². The molecule has 0 radical (unpaired) electrons. The van der Waals surface area contributed by atoms with Crippen molar-refractivity contribution in [3.8, 4) is 0 Å². The van der Waals surface area contributed by atoms with Gasteiger partial charge in [0.15, 0.2) is 0 Å². The van der Waals surface area contributed by atoms with Gasteiger partial charge in [0.1, 0.15) is 11.9 Å². The summed E-state index contributed by atoms with van der Waals surface area (Å²) in [4.78, 5) is 15.3. The van der Waals surface area contributed by atoms with Crippen LogP contribution in [0.15, 0.2) is 16.6 Å². The molecule has 1 aromatic heterocycles. The lowest BCUT2D eigenvalue weighted by molar-refractivity contribution is -0.138. The molecule has 0 amide bonds. The van der Waals surface area contributed by atoms with Gasteiger partial charge in [-0.05, 0) is 40.9 Å². The Hall–Kier alpha value is -1.10. The van der Waals surface area contributed by atoms with Gasteiger partial charge in [-0.25, -0.2) is 9.78 Å². The van der Waals surface area contributed by atoms with Crippen LogP contribution in [0, 0.1) is 12.8 Å². The Bertz CT molecular complexity index is 394. The molecule has 0 bridgehead atoms. The zero-order valence-electron chi connectivity index (χ0n) is 9.49. The molecule has 0 saturated carbocycles. The number of carboxylic acid groups (broad SMARTS) is 1. The lowest BCUT2D eigenvalue weighted by atomic mass is 10.1. The molecular weight excluding hydrogens is 272 g/mol. The monoisotopic (exact) mass is 286 g/mol. The van der Waals surface area contributed by atoms with Crippen LogP contribution in [-0.4, -0.2) is 22.1 Å². The Kier molecular flexibility index (Phi) is 4.29. The maximum absolute atomic E-state index is 11.0. The molecule has 1 rings (SSSR count). The molecule has 0 aliphatic rings. The van der Waals surface area contributed by atoms with Crippen LogP contribution in [0.25, 0.3) is 0 Å². The van der Waals surface area contributed by atoms with E-state index in [4.69, 9.17) is 5.11 Å². The number of hydrogen-bond donors (Lipinski definition) is 2. The fourth-order valence-electron chi connectivity index (χ4n) is 1.30. The second-order valence-corrected chi connectivity index (χ2v) is 4.82. The molecule has 0 spiro atoms. The van der Waals surface area contributed by atoms with Crippen LogP contribution in [-0.2, 0) is 4.79 Å². The normalized spacial score (nSPS) is 12.6. The summed E-state index contributed by atoms with van der Waals surface area (Å²) in [5, 5.41) is 11.9. The molecular formula is C11H15BrN2O2. The Balaban J connectivity index is 2.86. The lowest BCUT2D eigenvalue weighted by Crippen LogP contribution is -2.34. The summed E-state index contributed by atoms with van der Waals surface area (Å²) in [6.07, 6.45) is 0. The van der Waals surface area contributed by atoms with E-state index in [1.165, 1.54) is 0 Å². The molecule has 0 aliphatic carbocycles. The van der Waals surface area contributed by atoms with Crippen LogP contribution in [0.5, 0.6) is 0 Å². The maximum Gasteiger partial charge on any atom is 0.326 e. The van der Waals surface area contributed by atoms with Crippen LogP contribution < -0.4 is 5.32 Å². The predicted molar refractivity (Wildman–Crippen MR) is 66.6 cm³/mol. The lowest BCUT2D eigenvalue weighted by Gasteiger charge is -2.18. The van der Waals surface area contributed by atoms with Crippen LogP contribution in [0.1, 0.15) is 19.5 Å². The predicted octanol–water partition coefficient (Wildman–Crippen LogP) is 2.67. The largest absolute Gasteiger partial charge is 0.480 e. The molecule has 0 saturated heterocycles. The molecule has 1 heterocycles. The average Bonchev–Trinajstić information content (AvgIpc) is 2.18. The van der Waals surface area contributed by atoms with Gasteiger partial charge in [-0.3, -0.25) is 0 Å².